The molecule has 3 nitrogen and oxygen atoms in total. The first-order valence-corrected chi connectivity index (χ1v) is 4.41. The summed E-state index contributed by atoms with van der Waals surface area (Å²) in [5, 5.41) is 0. The van der Waals surface area contributed by atoms with Crippen molar-refractivity contribution in [3.63, 3.8) is 0 Å². The molecule has 0 fully saturated rings. The fraction of sp³-hybridized carbons (Fsp3) is 1.00. The molecule has 0 radical (unpaired) electrons. The van der Waals surface area contributed by atoms with Crippen molar-refractivity contribution in [1.29, 1.82) is 0 Å². The average molecular weight is 227 g/mol. The Labute approximate surface area is 70.3 Å². The molecule has 0 amide bonds. The lowest BCUT2D eigenvalue weighted by Gasteiger charge is -2.19. The number of halogens is 5. The van der Waals surface area contributed by atoms with Gasteiger partial charge >= 0.3 is 12.1 Å². The summed E-state index contributed by atoms with van der Waals surface area (Å²) in [5.41, 5.74) is 0. The highest BCUT2D eigenvalue weighted by molar-refractivity contribution is 7.85. The summed E-state index contributed by atoms with van der Waals surface area (Å²) in [5.74, 6) is -6.87. The van der Waals surface area contributed by atoms with Crippen LogP contribution in [0.1, 0.15) is 6.42 Å². The summed E-state index contributed by atoms with van der Waals surface area (Å²) in [7, 11) is -5.05. The van der Waals surface area contributed by atoms with E-state index in [-0.39, 0.29) is 0 Å². The van der Waals surface area contributed by atoms with Gasteiger partial charge in [0.05, 0.1) is 10.1 Å². The molecule has 13 heavy (non-hydrogen) atoms. The van der Waals surface area contributed by atoms with Crippen molar-refractivity contribution in [2.24, 2.45) is 0 Å². The van der Waals surface area contributed by atoms with Gasteiger partial charge in [0.15, 0.2) is 0 Å². The van der Waals surface area contributed by atoms with Gasteiger partial charge in [-0.1, -0.05) is 0 Å². The van der Waals surface area contributed by atoms with Crippen molar-refractivity contribution >= 4 is 10.1 Å². The molecule has 9 heteroatoms. The monoisotopic (exact) mass is 227 g/mol. The Morgan fingerprint density at radius 3 is 1.69 bits per heavy atom. The smallest absolute Gasteiger partial charge is 0.453 e. The van der Waals surface area contributed by atoms with Gasteiger partial charge in [-0.2, -0.15) is 22.0 Å². The Bertz CT molecular complexity index is 266. The van der Waals surface area contributed by atoms with Crippen LogP contribution >= 0.6 is 0 Å². The van der Waals surface area contributed by atoms with Crippen LogP contribution < -0.4 is 0 Å². The zero-order chi connectivity index (χ0) is 10.9. The Morgan fingerprint density at radius 2 is 1.46 bits per heavy atom. The standard InChI is InChI=1S/C4H5F5O3S/c5-3(6,4(7,8)9)1-2-13(10,11)12/h1-2H2,(H,10,11,12)/p-1. The van der Waals surface area contributed by atoms with Crippen molar-refractivity contribution in [2.45, 2.75) is 18.5 Å². The van der Waals surface area contributed by atoms with Crippen LogP contribution in [0.3, 0.4) is 0 Å². The van der Waals surface area contributed by atoms with Crippen LogP contribution in [0.5, 0.6) is 0 Å². The fourth-order valence-corrected chi connectivity index (χ4v) is 0.901. The zero-order valence-corrected chi connectivity index (χ0v) is 6.75. The molecule has 0 aliphatic carbocycles. The fourth-order valence-electron chi connectivity index (χ4n) is 0.395. The molecule has 0 heterocycles. The second-order valence-corrected chi connectivity index (χ2v) is 3.74. The average Bonchev–Trinajstić information content (AvgIpc) is 1.79. The normalized spacial score (nSPS) is 14.6. The van der Waals surface area contributed by atoms with Crippen LogP contribution in [0, 0.1) is 0 Å². The lowest BCUT2D eigenvalue weighted by Crippen LogP contribution is -2.37. The van der Waals surface area contributed by atoms with Gasteiger partial charge in [0.25, 0.3) is 0 Å². The molecule has 0 N–H and O–H groups in total. The highest BCUT2D eigenvalue weighted by Gasteiger charge is 2.56. The maximum atomic E-state index is 11.9. The van der Waals surface area contributed by atoms with Crippen molar-refractivity contribution in [3.8, 4) is 0 Å². The number of rotatable bonds is 3. The molecule has 0 saturated carbocycles. The Hall–Kier alpha value is -0.440. The zero-order valence-electron chi connectivity index (χ0n) is 5.94. The van der Waals surface area contributed by atoms with E-state index >= 15 is 0 Å². The van der Waals surface area contributed by atoms with Crippen molar-refractivity contribution < 1.29 is 34.9 Å². The molecule has 0 bridgehead atoms. The first kappa shape index (κ1) is 12.6. The van der Waals surface area contributed by atoms with Gasteiger partial charge in [-0.25, -0.2) is 8.42 Å². The molecule has 80 valence electrons. The molecule has 0 aromatic heterocycles. The van der Waals surface area contributed by atoms with E-state index in [4.69, 9.17) is 0 Å². The molecular weight excluding hydrogens is 223 g/mol. The summed E-state index contributed by atoms with van der Waals surface area (Å²) in [6, 6.07) is 0. The third-order valence-corrected chi connectivity index (χ3v) is 1.78. The van der Waals surface area contributed by atoms with Gasteiger partial charge in [0, 0.05) is 12.2 Å². The SMILES string of the molecule is O=S(=O)([O-])CCC(F)(F)C(F)(F)F. The molecule has 0 rings (SSSR count). The van der Waals surface area contributed by atoms with Gasteiger partial charge in [-0.3, -0.25) is 0 Å². The van der Waals surface area contributed by atoms with Gasteiger partial charge in [-0.15, -0.1) is 0 Å². The van der Waals surface area contributed by atoms with Gasteiger partial charge in [-0.05, 0) is 0 Å². The van der Waals surface area contributed by atoms with E-state index in [0.29, 0.717) is 0 Å². The maximum absolute atomic E-state index is 11.9. The minimum Gasteiger partial charge on any atom is -0.748 e. The summed E-state index contributed by atoms with van der Waals surface area (Å²) in [4.78, 5) is 0. The molecular formula is C4H4F5O3S-. The van der Waals surface area contributed by atoms with Crippen molar-refractivity contribution in [1.82, 2.24) is 0 Å². The maximum Gasteiger partial charge on any atom is 0.453 e. The summed E-state index contributed by atoms with van der Waals surface area (Å²) >= 11 is 0. The highest BCUT2D eigenvalue weighted by atomic mass is 32.2. The molecule has 0 aliphatic rings. The second kappa shape index (κ2) is 3.37. The molecule has 0 aliphatic heterocycles. The Kier molecular flexibility index (Phi) is 3.26. The second-order valence-electron chi connectivity index (χ2n) is 2.21. The van der Waals surface area contributed by atoms with E-state index in [1.165, 1.54) is 0 Å². The van der Waals surface area contributed by atoms with E-state index in [9.17, 15) is 34.9 Å². The van der Waals surface area contributed by atoms with E-state index in [1.54, 1.807) is 0 Å². The topological polar surface area (TPSA) is 57.2 Å². The van der Waals surface area contributed by atoms with Crippen LogP contribution in [0.2, 0.25) is 0 Å². The minimum atomic E-state index is -5.82. The van der Waals surface area contributed by atoms with Gasteiger partial charge < -0.3 is 4.55 Å². The van der Waals surface area contributed by atoms with E-state index < -0.39 is 34.4 Å². The largest absolute Gasteiger partial charge is 0.748 e. The lowest BCUT2D eigenvalue weighted by atomic mass is 10.2. The quantitative estimate of drug-likeness (QED) is 0.536. The third kappa shape index (κ3) is 4.36. The summed E-state index contributed by atoms with van der Waals surface area (Å²) in [6.45, 7) is 0. The molecule has 0 atom stereocenters. The number of hydrogen-bond donors (Lipinski definition) is 0. The summed E-state index contributed by atoms with van der Waals surface area (Å²) < 4.78 is 87.2. The lowest BCUT2D eigenvalue weighted by molar-refractivity contribution is -0.282. The first-order chi connectivity index (χ1) is 5.46. The van der Waals surface area contributed by atoms with Crippen LogP contribution in [-0.4, -0.2) is 30.8 Å². The van der Waals surface area contributed by atoms with E-state index in [1.807, 2.05) is 0 Å². The molecule has 0 aromatic rings. The molecule has 0 saturated heterocycles. The van der Waals surface area contributed by atoms with Crippen molar-refractivity contribution in [3.05, 3.63) is 0 Å². The van der Waals surface area contributed by atoms with Crippen LogP contribution in [0.15, 0.2) is 0 Å². The predicted molar refractivity (Wildman–Crippen MR) is 30.2 cm³/mol. The van der Waals surface area contributed by atoms with Crippen molar-refractivity contribution in [2.75, 3.05) is 5.75 Å². The Balaban J connectivity index is 4.38. The van der Waals surface area contributed by atoms with Gasteiger partial charge in [0.2, 0.25) is 0 Å². The Morgan fingerprint density at radius 1 is 1.08 bits per heavy atom. The van der Waals surface area contributed by atoms with E-state index in [0.717, 1.165) is 0 Å². The van der Waals surface area contributed by atoms with Crippen LogP contribution in [-0.2, 0) is 10.1 Å². The first-order valence-electron chi connectivity index (χ1n) is 2.84. The third-order valence-electron chi connectivity index (χ3n) is 1.08. The molecule has 0 spiro atoms. The van der Waals surface area contributed by atoms with Crippen LogP contribution in [0.4, 0.5) is 22.0 Å². The predicted octanol–water partition coefficient (Wildman–Crippen LogP) is 1.12. The summed E-state index contributed by atoms with van der Waals surface area (Å²) in [6.07, 6.45) is -7.86. The molecule has 0 aromatic carbocycles. The van der Waals surface area contributed by atoms with E-state index in [2.05, 4.69) is 0 Å². The highest BCUT2D eigenvalue weighted by Crippen LogP contribution is 2.38. The van der Waals surface area contributed by atoms with Crippen LogP contribution in [0.25, 0.3) is 0 Å². The van der Waals surface area contributed by atoms with Gasteiger partial charge in [0.1, 0.15) is 0 Å². The minimum absolute atomic E-state index is 1.74. The number of hydrogen-bond acceptors (Lipinski definition) is 3. The molecule has 0 unspecified atom stereocenters. The number of alkyl halides is 5.